The molecule has 0 amide bonds. The second kappa shape index (κ2) is 3.46. The van der Waals surface area contributed by atoms with E-state index in [1.807, 2.05) is 0 Å². The van der Waals surface area contributed by atoms with E-state index >= 15 is 0 Å². The average molecular weight is 151 g/mol. The summed E-state index contributed by atoms with van der Waals surface area (Å²) in [5.41, 5.74) is 0.312. The first-order valence-electron chi connectivity index (χ1n) is 2.92. The van der Waals surface area contributed by atoms with Gasteiger partial charge >= 0.3 is 0 Å². The van der Waals surface area contributed by atoms with Crippen molar-refractivity contribution < 1.29 is 9.63 Å². The van der Waals surface area contributed by atoms with E-state index in [0.717, 1.165) is 0 Å². The number of nitrogens with zero attached hydrogens (tertiary/aromatic N) is 1. The average Bonchev–Trinajstić information content (AvgIpc) is 2.06. The van der Waals surface area contributed by atoms with E-state index in [4.69, 9.17) is 0 Å². The van der Waals surface area contributed by atoms with Gasteiger partial charge in [0, 0.05) is 0 Å². The van der Waals surface area contributed by atoms with Gasteiger partial charge in [-0.1, -0.05) is 12.1 Å². The van der Waals surface area contributed by atoms with Gasteiger partial charge in [-0.05, 0) is 12.1 Å². The van der Waals surface area contributed by atoms with Crippen molar-refractivity contribution in [3.63, 3.8) is 0 Å². The maximum absolute atomic E-state index is 10.3. The largest absolute Gasteiger partial charge is 0.323 e. The number of hydrogen-bond acceptors (Lipinski definition) is 4. The van der Waals surface area contributed by atoms with E-state index in [2.05, 4.69) is 10.2 Å². The van der Waals surface area contributed by atoms with Gasteiger partial charge in [-0.25, -0.2) is 0 Å². The summed E-state index contributed by atoms with van der Waals surface area (Å²) in [6.07, 6.45) is 0.598. The number of para-hydroxylation sites is 1. The van der Waals surface area contributed by atoms with Gasteiger partial charge < -0.3 is 4.84 Å². The minimum absolute atomic E-state index is 0.178. The summed E-state index contributed by atoms with van der Waals surface area (Å²) in [5, 5.41) is 2.21. The Kier molecular flexibility index (Phi) is 2.32. The summed E-state index contributed by atoms with van der Waals surface area (Å²) >= 11 is 0. The predicted octanol–water partition coefficient (Wildman–Crippen LogP) is 1.56. The van der Waals surface area contributed by atoms with Gasteiger partial charge in [0.2, 0.25) is 0 Å². The molecule has 0 aromatic heterocycles. The Morgan fingerprint density at radius 3 is 2.73 bits per heavy atom. The molecule has 0 spiro atoms. The Labute approximate surface area is 62.7 Å². The van der Waals surface area contributed by atoms with E-state index in [9.17, 15) is 9.70 Å². The molecule has 0 radical (unpaired) electrons. The summed E-state index contributed by atoms with van der Waals surface area (Å²) in [6, 6.07) is 6.34. The number of aldehydes is 1. The molecule has 4 heteroatoms. The van der Waals surface area contributed by atoms with Crippen molar-refractivity contribution in [2.45, 2.75) is 0 Å². The lowest BCUT2D eigenvalue weighted by Crippen LogP contribution is -1.87. The lowest BCUT2D eigenvalue weighted by Gasteiger charge is -1.95. The number of benzene rings is 1. The van der Waals surface area contributed by atoms with Crippen LogP contribution in [0.1, 0.15) is 10.4 Å². The number of rotatable bonds is 3. The highest BCUT2D eigenvalue weighted by Crippen LogP contribution is 2.15. The van der Waals surface area contributed by atoms with Crippen molar-refractivity contribution in [3.05, 3.63) is 34.7 Å². The quantitative estimate of drug-likeness (QED) is 0.374. The molecule has 4 nitrogen and oxygen atoms in total. The smallest absolute Gasteiger partial charge is 0.171 e. The first kappa shape index (κ1) is 7.40. The van der Waals surface area contributed by atoms with Crippen LogP contribution in [0, 0.1) is 4.91 Å². The second-order valence-electron chi connectivity index (χ2n) is 1.82. The second-order valence-corrected chi connectivity index (χ2v) is 1.82. The van der Waals surface area contributed by atoms with Crippen LogP contribution in [0.15, 0.2) is 29.6 Å². The molecule has 0 saturated heterocycles. The van der Waals surface area contributed by atoms with Gasteiger partial charge in [0.25, 0.3) is 0 Å². The minimum atomic E-state index is 0.178. The van der Waals surface area contributed by atoms with Crippen LogP contribution >= 0.6 is 0 Å². The van der Waals surface area contributed by atoms with Crippen LogP contribution in [0.2, 0.25) is 0 Å². The SMILES string of the molecule is O=Cc1ccccc1ON=O. The van der Waals surface area contributed by atoms with E-state index in [1.165, 1.54) is 12.1 Å². The Hall–Kier alpha value is -1.71. The Morgan fingerprint density at radius 2 is 2.09 bits per heavy atom. The van der Waals surface area contributed by atoms with Crippen molar-refractivity contribution >= 4 is 6.29 Å². The van der Waals surface area contributed by atoms with Crippen LogP contribution in [0.3, 0.4) is 0 Å². The van der Waals surface area contributed by atoms with Crippen LogP contribution < -0.4 is 4.84 Å². The van der Waals surface area contributed by atoms with Crippen LogP contribution in [-0.4, -0.2) is 6.29 Å². The van der Waals surface area contributed by atoms with Crippen LogP contribution in [-0.2, 0) is 0 Å². The molecule has 0 heterocycles. The highest BCUT2D eigenvalue weighted by atomic mass is 16.7. The standard InChI is InChI=1S/C7H5NO3/c9-5-6-3-1-2-4-7(6)11-8-10/h1-5H. The van der Waals surface area contributed by atoms with Gasteiger partial charge in [0.05, 0.1) is 5.56 Å². The highest BCUT2D eigenvalue weighted by Gasteiger charge is 2.00. The van der Waals surface area contributed by atoms with E-state index in [1.54, 1.807) is 12.1 Å². The number of carbonyl (C=O) groups is 1. The molecule has 0 unspecified atom stereocenters. The molecule has 11 heavy (non-hydrogen) atoms. The molecule has 0 aliphatic rings. The molecular formula is C7H5NO3. The lowest BCUT2D eigenvalue weighted by molar-refractivity contribution is 0.111. The Bertz CT molecular complexity index is 272. The number of carbonyl (C=O) groups excluding carboxylic acids is 1. The summed E-state index contributed by atoms with van der Waals surface area (Å²) in [6.45, 7) is 0. The summed E-state index contributed by atoms with van der Waals surface area (Å²) in [4.78, 5) is 24.2. The van der Waals surface area contributed by atoms with Crippen molar-refractivity contribution in [1.82, 2.24) is 0 Å². The molecule has 1 rings (SSSR count). The third kappa shape index (κ3) is 1.61. The van der Waals surface area contributed by atoms with Crippen LogP contribution in [0.25, 0.3) is 0 Å². The first-order chi connectivity index (χ1) is 5.38. The Balaban J connectivity index is 3.01. The zero-order valence-electron chi connectivity index (χ0n) is 5.56. The highest BCUT2D eigenvalue weighted by molar-refractivity contribution is 5.79. The van der Waals surface area contributed by atoms with Gasteiger partial charge in [-0.2, -0.15) is 0 Å². The summed E-state index contributed by atoms with van der Waals surface area (Å²) in [5.74, 6) is 0.178. The van der Waals surface area contributed by atoms with Crippen LogP contribution in [0.4, 0.5) is 0 Å². The zero-order valence-corrected chi connectivity index (χ0v) is 5.56. The Morgan fingerprint density at radius 1 is 1.36 bits per heavy atom. The fourth-order valence-corrected chi connectivity index (χ4v) is 0.701. The van der Waals surface area contributed by atoms with Crippen molar-refractivity contribution in [1.29, 1.82) is 0 Å². The molecule has 0 N–H and O–H groups in total. The maximum atomic E-state index is 10.3. The van der Waals surface area contributed by atoms with Gasteiger partial charge in [-0.3, -0.25) is 4.79 Å². The van der Waals surface area contributed by atoms with Crippen LogP contribution in [0.5, 0.6) is 5.75 Å². The lowest BCUT2D eigenvalue weighted by atomic mass is 10.2. The minimum Gasteiger partial charge on any atom is -0.323 e. The van der Waals surface area contributed by atoms with Gasteiger partial charge in [0.1, 0.15) is 0 Å². The normalized spacial score (nSPS) is 8.73. The molecule has 0 aliphatic heterocycles. The summed E-state index contributed by atoms with van der Waals surface area (Å²) < 4.78 is 0. The van der Waals surface area contributed by atoms with Gasteiger partial charge in [-0.15, -0.1) is 4.91 Å². The predicted molar refractivity (Wildman–Crippen MR) is 38.3 cm³/mol. The molecule has 0 fully saturated rings. The fourth-order valence-electron chi connectivity index (χ4n) is 0.701. The first-order valence-corrected chi connectivity index (χ1v) is 2.92. The van der Waals surface area contributed by atoms with Crippen molar-refractivity contribution in [2.24, 2.45) is 5.34 Å². The van der Waals surface area contributed by atoms with Gasteiger partial charge in [0.15, 0.2) is 17.4 Å². The maximum Gasteiger partial charge on any atom is 0.171 e. The molecule has 0 atom stereocenters. The molecule has 1 aromatic rings. The van der Waals surface area contributed by atoms with E-state index in [-0.39, 0.29) is 5.75 Å². The monoisotopic (exact) mass is 151 g/mol. The fraction of sp³-hybridized carbons (Fsp3) is 0. The third-order valence-electron chi connectivity index (χ3n) is 1.18. The van der Waals surface area contributed by atoms with Crippen molar-refractivity contribution in [2.75, 3.05) is 0 Å². The van der Waals surface area contributed by atoms with E-state index < -0.39 is 0 Å². The number of hydrogen-bond donors (Lipinski definition) is 0. The molecular weight excluding hydrogens is 146 g/mol. The topological polar surface area (TPSA) is 55.7 Å². The zero-order chi connectivity index (χ0) is 8.10. The third-order valence-corrected chi connectivity index (χ3v) is 1.18. The molecule has 0 saturated carbocycles. The van der Waals surface area contributed by atoms with Crippen molar-refractivity contribution in [3.8, 4) is 5.75 Å². The molecule has 1 aromatic carbocycles. The van der Waals surface area contributed by atoms with E-state index in [0.29, 0.717) is 11.8 Å². The molecule has 56 valence electrons. The molecule has 0 bridgehead atoms. The summed E-state index contributed by atoms with van der Waals surface area (Å²) in [7, 11) is 0. The molecule has 0 aliphatic carbocycles.